The summed E-state index contributed by atoms with van der Waals surface area (Å²) in [7, 11) is 0. The number of nitrogens with zero attached hydrogens (tertiary/aromatic N) is 3. The van der Waals surface area contributed by atoms with Gasteiger partial charge in [0, 0.05) is 59.4 Å². The molecular weight excluding hydrogens is 1010 g/mol. The van der Waals surface area contributed by atoms with Crippen molar-refractivity contribution in [3.63, 3.8) is 0 Å². The van der Waals surface area contributed by atoms with Crippen molar-refractivity contribution < 1.29 is 59.2 Å². The molecule has 2 aliphatic rings. The zero-order valence-corrected chi connectivity index (χ0v) is 46.5. The van der Waals surface area contributed by atoms with E-state index in [1.54, 1.807) is 0 Å². The second kappa shape index (κ2) is 28.8. The molecule has 71 heavy (non-hydrogen) atoms. The van der Waals surface area contributed by atoms with E-state index in [4.69, 9.17) is 38.0 Å². The molecule has 372 valence electrons. The molecule has 9 nitrogen and oxygen atoms in total. The predicted octanol–water partition coefficient (Wildman–Crippen LogP) is 8.61. The number of carbonyl (C=O) groups excluding carboxylic acids is 1. The van der Waals surface area contributed by atoms with E-state index in [9.17, 15) is 19.8 Å². The van der Waals surface area contributed by atoms with Gasteiger partial charge in [0.1, 0.15) is 6.61 Å². The molecule has 0 amide bonds. The Morgan fingerprint density at radius 1 is 0.817 bits per heavy atom. The maximum atomic E-state index is 11.4. The van der Waals surface area contributed by atoms with Crippen LogP contribution in [0.3, 0.4) is 0 Å². The van der Waals surface area contributed by atoms with E-state index in [-0.39, 0.29) is 84.1 Å². The monoisotopic (exact) mass is 1070 g/mol. The zero-order valence-electron chi connectivity index (χ0n) is 40.6. The fourth-order valence-corrected chi connectivity index (χ4v) is 10.7. The third-order valence-corrected chi connectivity index (χ3v) is 14.9. The normalized spacial score (nSPS) is 15.3. The minimum atomic E-state index is -0.963. The van der Waals surface area contributed by atoms with Gasteiger partial charge in [-0.1, -0.05) is 132 Å². The number of carboxylic acids is 2. The van der Waals surface area contributed by atoms with Gasteiger partial charge < -0.3 is 24.9 Å². The van der Waals surface area contributed by atoms with Gasteiger partial charge in [0.25, 0.3) is 0 Å². The Morgan fingerprint density at radius 2 is 1.46 bits per heavy atom. The van der Waals surface area contributed by atoms with Crippen LogP contribution in [-0.4, -0.2) is 88.6 Å². The van der Waals surface area contributed by atoms with Crippen LogP contribution in [-0.2, 0) is 26.3 Å². The Kier molecular flexibility index (Phi) is 24.4. The van der Waals surface area contributed by atoms with Crippen molar-refractivity contribution in [1.29, 1.82) is 0 Å². The van der Waals surface area contributed by atoms with Gasteiger partial charge >= 0.3 is 35.5 Å². The van der Waals surface area contributed by atoms with E-state index in [1.807, 2.05) is 98.4 Å². The van der Waals surface area contributed by atoms with Crippen molar-refractivity contribution in [3.05, 3.63) is 183 Å². The van der Waals surface area contributed by atoms with E-state index >= 15 is 0 Å². The van der Waals surface area contributed by atoms with E-state index < -0.39 is 17.5 Å². The number of hydrogen-bond donors (Lipinski definition) is 2. The summed E-state index contributed by atoms with van der Waals surface area (Å²) < 4.78 is 5.15. The minimum Gasteiger partial charge on any atom is -0.550 e. The van der Waals surface area contributed by atoms with Crippen LogP contribution in [0.25, 0.3) is 23.1 Å². The third-order valence-electron chi connectivity index (χ3n) is 12.7. The van der Waals surface area contributed by atoms with Crippen molar-refractivity contribution >= 4 is 94.8 Å². The van der Waals surface area contributed by atoms with Gasteiger partial charge in [0.15, 0.2) is 0 Å². The molecule has 1 saturated carbocycles. The van der Waals surface area contributed by atoms with Crippen LogP contribution in [0, 0.1) is 5.41 Å². The first-order chi connectivity index (χ1) is 32.7. The fourth-order valence-electron chi connectivity index (χ4n) is 8.84. The molecule has 2 N–H and O–H groups in total. The molecule has 0 radical (unpaired) electrons. The molecule has 1 saturated heterocycles. The summed E-state index contributed by atoms with van der Waals surface area (Å²) in [5.74, 6) is -1.09. The zero-order chi connectivity index (χ0) is 48.1. The van der Waals surface area contributed by atoms with Crippen molar-refractivity contribution in [1.82, 2.24) is 14.8 Å². The molecule has 8 rings (SSSR count). The number of piperazine rings is 1. The Hall–Kier alpha value is -3.46. The summed E-state index contributed by atoms with van der Waals surface area (Å²) in [5, 5.41) is 33.4. The van der Waals surface area contributed by atoms with Crippen molar-refractivity contribution in [3.8, 4) is 0 Å². The Balaban J connectivity index is 0.000000320. The number of aliphatic hydroxyl groups is 1. The summed E-state index contributed by atoms with van der Waals surface area (Å²) in [6, 6.07) is 45.2. The van der Waals surface area contributed by atoms with Crippen LogP contribution >= 0.6 is 59.8 Å². The Labute approximate surface area is 467 Å². The van der Waals surface area contributed by atoms with Gasteiger partial charge in [-0.2, -0.15) is 11.8 Å². The maximum absolute atomic E-state index is 11.4. The van der Waals surface area contributed by atoms with E-state index in [2.05, 4.69) is 82.6 Å². The number of thioether (sulfide) groups is 1. The first-order valence-electron chi connectivity index (χ1n) is 23.3. The van der Waals surface area contributed by atoms with Gasteiger partial charge in [-0.25, -0.2) is 9.78 Å². The van der Waals surface area contributed by atoms with Gasteiger partial charge in [0.2, 0.25) is 0 Å². The number of aromatic nitrogens is 1. The van der Waals surface area contributed by atoms with Crippen LogP contribution in [0.4, 0.5) is 0 Å². The average Bonchev–Trinajstić information content (AvgIpc) is 4.09. The number of pyridine rings is 1. The van der Waals surface area contributed by atoms with Crippen molar-refractivity contribution in [2.75, 3.05) is 51.7 Å². The smallest absolute Gasteiger partial charge is 0.550 e. The molecule has 2 atom stereocenters. The molecule has 15 heteroatoms. The Bertz CT molecular complexity index is 2650. The van der Waals surface area contributed by atoms with Crippen LogP contribution in [0.2, 0.25) is 10.0 Å². The molecule has 2 fully saturated rings. The number of aryl methyl sites for hydroxylation is 1. The molecule has 1 aromatic heterocycles. The van der Waals surface area contributed by atoms with E-state index in [1.165, 1.54) is 16.7 Å². The first-order valence-corrected chi connectivity index (χ1v) is 25.1. The number of hydrogen-bond acceptors (Lipinski definition) is 9. The first kappa shape index (κ1) is 60.1. The van der Waals surface area contributed by atoms with E-state index in [0.29, 0.717) is 11.6 Å². The number of benzene rings is 5. The topological polar surface area (TPSA) is 126 Å². The summed E-state index contributed by atoms with van der Waals surface area (Å²) in [6.07, 6.45) is 7.78. The van der Waals surface area contributed by atoms with Crippen LogP contribution in [0.15, 0.2) is 133 Å². The van der Waals surface area contributed by atoms with Gasteiger partial charge in [-0.15, -0.1) is 24.8 Å². The molecule has 0 bridgehead atoms. The second-order valence-corrected chi connectivity index (χ2v) is 20.4. The summed E-state index contributed by atoms with van der Waals surface area (Å²) in [4.78, 5) is 31.4. The summed E-state index contributed by atoms with van der Waals surface area (Å²) in [5.41, 5.74) is 7.54. The molecule has 1 aliphatic carbocycles. The number of carboxylic acid groups (broad SMARTS) is 2. The van der Waals surface area contributed by atoms with Crippen molar-refractivity contribution in [2.24, 2.45) is 5.41 Å². The number of aliphatic carboxylic acids is 2. The van der Waals surface area contributed by atoms with Crippen LogP contribution in [0.5, 0.6) is 0 Å². The van der Waals surface area contributed by atoms with E-state index in [0.717, 1.165) is 102 Å². The minimum absolute atomic E-state index is 0. The average molecular weight is 1070 g/mol. The SMILES string of the molecule is CC(C)(O)c1ccccc1CC[C@@H](SCC1(CC(=O)[O-])CC1)c1cccc(/C=C/c2ccc3ccc(Cl)cc3n2)c1.Cl.Cl.O=C(O)COCCN1CCN([C@H](c2ccccc2)c2ccc(Cl)cc2)CC1.[Na+]. The summed E-state index contributed by atoms with van der Waals surface area (Å²) in [6.45, 7) is 8.40. The van der Waals surface area contributed by atoms with Crippen LogP contribution in [0.1, 0.15) is 89.9 Å². The quantitative estimate of drug-likeness (QED) is 0.0568. The molecule has 0 spiro atoms. The molecule has 5 aromatic carbocycles. The van der Waals surface area contributed by atoms with Crippen LogP contribution < -0.4 is 34.7 Å². The number of carbonyl (C=O) groups is 2. The Morgan fingerprint density at radius 3 is 2.14 bits per heavy atom. The van der Waals surface area contributed by atoms with Gasteiger partial charge in [-0.3, -0.25) is 9.80 Å². The molecule has 6 aromatic rings. The number of ether oxygens (including phenoxy) is 1. The standard InChI is InChI=1S/C35H36ClNO3S.C21H25ClN2O3.2ClH.Na/c1-34(2,40)30-9-4-3-7-25(30)13-17-32(41-23-35(18-19-35)22-33(38)39)27-8-5-6-24(20-27)10-15-29-16-12-26-11-14-28(36)21-31(26)37-29;22-19-8-6-18(7-9-19)21(17-4-2-1-3-5-17)24-12-10-23(11-13-24)14-15-27-16-20(25)26;;;/h3-12,14-16,20-21,32,40H,13,17-19,22-23H2,1-2H3,(H,38,39);1-9,21H,10-16H2,(H,25,26);2*1H;/q;;;;+1/p-1/b15-10+;;;;/t32-;21-;;;/m11.../s1. The molecule has 2 heterocycles. The van der Waals surface area contributed by atoms with Gasteiger partial charge in [-0.05, 0) is 127 Å². The van der Waals surface area contributed by atoms with Gasteiger partial charge in [0.05, 0.1) is 29.5 Å². The predicted molar refractivity (Wildman–Crippen MR) is 289 cm³/mol. The van der Waals surface area contributed by atoms with Crippen molar-refractivity contribution in [2.45, 2.75) is 62.8 Å². The fraction of sp³-hybridized carbons (Fsp3) is 0.339. The molecule has 1 aliphatic heterocycles. The molecular formula is C56H62Cl4N3NaO6S. The number of fused-ring (bicyclic) bond motifs is 1. The largest absolute Gasteiger partial charge is 1.00 e. The second-order valence-electron chi connectivity index (χ2n) is 18.4. The number of halogens is 4. The molecule has 0 unspecified atom stereocenters. The summed E-state index contributed by atoms with van der Waals surface area (Å²) >= 11 is 14.1. The number of rotatable bonds is 20. The third kappa shape index (κ3) is 18.5. The maximum Gasteiger partial charge on any atom is 1.00 e.